The van der Waals surface area contributed by atoms with Gasteiger partial charge in [0, 0.05) is 12.1 Å². The van der Waals surface area contributed by atoms with Crippen LogP contribution in [0.2, 0.25) is 0 Å². The van der Waals surface area contributed by atoms with E-state index in [-0.39, 0.29) is 12.1 Å². The van der Waals surface area contributed by atoms with Gasteiger partial charge in [-0.1, -0.05) is 48.4 Å². The molecule has 1 fully saturated rings. The molecule has 2 heterocycles. The van der Waals surface area contributed by atoms with Crippen LogP contribution in [-0.2, 0) is 12.1 Å². The summed E-state index contributed by atoms with van der Waals surface area (Å²) in [5, 5.41) is 28.3. The molecule has 2 aromatic carbocycles. The summed E-state index contributed by atoms with van der Waals surface area (Å²) < 4.78 is 1.11. The van der Waals surface area contributed by atoms with Crippen molar-refractivity contribution in [3.8, 4) is 11.3 Å². The number of aliphatic hydroxyl groups is 2. The summed E-state index contributed by atoms with van der Waals surface area (Å²) in [5.41, 5.74) is 3.66. The Morgan fingerprint density at radius 1 is 1.06 bits per heavy atom. The lowest BCUT2D eigenvalue weighted by Gasteiger charge is -2.27. The van der Waals surface area contributed by atoms with Gasteiger partial charge < -0.3 is 20.8 Å². The van der Waals surface area contributed by atoms with E-state index in [2.05, 4.69) is 27.8 Å². The van der Waals surface area contributed by atoms with Gasteiger partial charge in [0.1, 0.15) is 5.82 Å². The van der Waals surface area contributed by atoms with Crippen LogP contribution in [0, 0.1) is 0 Å². The molecule has 35 heavy (non-hydrogen) atoms. The molecule has 1 saturated carbocycles. The Balaban J connectivity index is 1.27. The molecular formula is C27H31N5O2S. The van der Waals surface area contributed by atoms with Crippen LogP contribution in [0.15, 0.2) is 54.9 Å². The van der Waals surface area contributed by atoms with E-state index >= 15 is 0 Å². The number of fused-ring (bicyclic) bond motifs is 1. The topological polar surface area (TPSA) is 103 Å². The molecule has 0 bridgehead atoms. The maximum atomic E-state index is 10.3. The summed E-state index contributed by atoms with van der Waals surface area (Å²) in [6, 6.07) is 14.1. The van der Waals surface area contributed by atoms with Gasteiger partial charge in [0.05, 0.1) is 46.1 Å². The Bertz CT molecular complexity index is 1320. The van der Waals surface area contributed by atoms with E-state index in [1.807, 2.05) is 30.3 Å². The third-order valence-corrected chi connectivity index (χ3v) is 7.41. The zero-order valence-electron chi connectivity index (χ0n) is 20.0. The Morgan fingerprint density at radius 2 is 1.91 bits per heavy atom. The van der Waals surface area contributed by atoms with E-state index in [0.29, 0.717) is 12.4 Å². The van der Waals surface area contributed by atoms with Gasteiger partial charge >= 0.3 is 0 Å². The lowest BCUT2D eigenvalue weighted by Crippen LogP contribution is -2.36. The highest BCUT2D eigenvalue weighted by molar-refractivity contribution is 7.22. The monoisotopic (exact) mass is 489 g/mol. The number of nitrogens with zero attached hydrogens (tertiary/aromatic N) is 3. The number of hydrogen-bond donors (Lipinski definition) is 4. The van der Waals surface area contributed by atoms with E-state index in [1.165, 1.54) is 0 Å². The second-order valence-electron chi connectivity index (χ2n) is 9.71. The first kappa shape index (κ1) is 23.7. The smallest absolute Gasteiger partial charge is 0.184 e. The maximum Gasteiger partial charge on any atom is 0.184 e. The summed E-state index contributed by atoms with van der Waals surface area (Å²) in [6.07, 6.45) is 7.22. The van der Waals surface area contributed by atoms with Crippen molar-refractivity contribution in [3.05, 3.63) is 66.0 Å². The normalized spacial score (nSPS) is 18.5. The number of anilines is 2. The standard InChI is InChI=1S/C27H31N5O2S/c1-27(2,34)19-7-5-6-18(13-19)22-15-28-16-25(30-22)29-14-17-10-11-21-24(12-17)35-26(32-21)31-20-8-3-4-9-23(20)33/h5-7,10-13,15-16,20,23,33-34H,3-4,8-9,14H2,1-2H3,(H,29,30)(H,31,32)/t20?,23-/m1/s1. The first-order valence-corrected chi connectivity index (χ1v) is 12.9. The van der Waals surface area contributed by atoms with Gasteiger partial charge in [-0.2, -0.15) is 0 Å². The quantitative estimate of drug-likeness (QED) is 0.279. The van der Waals surface area contributed by atoms with Crippen molar-refractivity contribution < 1.29 is 10.2 Å². The van der Waals surface area contributed by atoms with Crippen LogP contribution >= 0.6 is 11.3 Å². The second-order valence-corrected chi connectivity index (χ2v) is 10.7. The van der Waals surface area contributed by atoms with Gasteiger partial charge in [0.15, 0.2) is 5.13 Å². The van der Waals surface area contributed by atoms with Gasteiger partial charge in [0.25, 0.3) is 0 Å². The zero-order chi connectivity index (χ0) is 24.4. The number of nitrogens with one attached hydrogen (secondary N) is 2. The molecule has 1 aliphatic carbocycles. The van der Waals surface area contributed by atoms with Crippen molar-refractivity contribution in [2.75, 3.05) is 10.6 Å². The number of benzene rings is 2. The summed E-state index contributed by atoms with van der Waals surface area (Å²) in [5.74, 6) is 0.689. The minimum atomic E-state index is -0.916. The maximum absolute atomic E-state index is 10.3. The van der Waals surface area contributed by atoms with Crippen molar-refractivity contribution in [1.29, 1.82) is 0 Å². The molecule has 2 atom stereocenters. The molecule has 4 N–H and O–H groups in total. The van der Waals surface area contributed by atoms with Crippen LogP contribution in [0.3, 0.4) is 0 Å². The molecule has 0 aliphatic heterocycles. The fraction of sp³-hybridized carbons (Fsp3) is 0.370. The molecule has 5 rings (SSSR count). The van der Waals surface area contributed by atoms with E-state index < -0.39 is 5.60 Å². The van der Waals surface area contributed by atoms with Gasteiger partial charge in [-0.25, -0.2) is 9.97 Å². The molecule has 4 aromatic rings. The van der Waals surface area contributed by atoms with E-state index in [1.54, 1.807) is 37.6 Å². The molecule has 0 amide bonds. The summed E-state index contributed by atoms with van der Waals surface area (Å²) >= 11 is 1.62. The highest BCUT2D eigenvalue weighted by Gasteiger charge is 2.23. The van der Waals surface area contributed by atoms with Crippen LogP contribution in [0.4, 0.5) is 10.9 Å². The largest absolute Gasteiger partial charge is 0.391 e. The molecule has 8 heteroatoms. The third kappa shape index (κ3) is 5.61. The van der Waals surface area contributed by atoms with Crippen LogP contribution in [-0.4, -0.2) is 37.3 Å². The Hall–Kier alpha value is -3.07. The first-order valence-electron chi connectivity index (χ1n) is 12.1. The molecule has 182 valence electrons. The Labute approximate surface area is 209 Å². The van der Waals surface area contributed by atoms with Gasteiger partial charge in [-0.15, -0.1) is 0 Å². The fourth-order valence-corrected chi connectivity index (χ4v) is 5.41. The SMILES string of the molecule is CC(C)(O)c1cccc(-c2cncc(NCc3ccc4nc(NC5CCCC[C@H]5O)sc4c3)n2)c1. The summed E-state index contributed by atoms with van der Waals surface area (Å²) in [6.45, 7) is 4.15. The second kappa shape index (κ2) is 9.89. The Morgan fingerprint density at radius 3 is 2.74 bits per heavy atom. The van der Waals surface area contributed by atoms with E-state index in [0.717, 1.165) is 63.4 Å². The number of aromatic nitrogens is 3. The van der Waals surface area contributed by atoms with Crippen LogP contribution in [0.25, 0.3) is 21.5 Å². The van der Waals surface area contributed by atoms with Crippen molar-refractivity contribution in [1.82, 2.24) is 15.0 Å². The molecule has 7 nitrogen and oxygen atoms in total. The number of rotatable bonds is 7. The first-order chi connectivity index (χ1) is 16.8. The third-order valence-electron chi connectivity index (χ3n) is 6.46. The molecule has 0 radical (unpaired) electrons. The zero-order valence-corrected chi connectivity index (χ0v) is 20.8. The van der Waals surface area contributed by atoms with Crippen molar-refractivity contribution in [3.63, 3.8) is 0 Å². The lowest BCUT2D eigenvalue weighted by atomic mass is 9.93. The molecular weight excluding hydrogens is 458 g/mol. The molecule has 2 aromatic heterocycles. The van der Waals surface area contributed by atoms with Crippen LogP contribution in [0.1, 0.15) is 50.7 Å². The highest BCUT2D eigenvalue weighted by Crippen LogP contribution is 2.30. The highest BCUT2D eigenvalue weighted by atomic mass is 32.1. The molecule has 0 saturated heterocycles. The van der Waals surface area contributed by atoms with Crippen LogP contribution in [0.5, 0.6) is 0 Å². The van der Waals surface area contributed by atoms with Crippen LogP contribution < -0.4 is 10.6 Å². The Kier molecular flexibility index (Phi) is 6.69. The van der Waals surface area contributed by atoms with Crippen molar-refractivity contribution in [2.24, 2.45) is 0 Å². The van der Waals surface area contributed by atoms with E-state index in [9.17, 15) is 10.2 Å². The summed E-state index contributed by atoms with van der Waals surface area (Å²) in [4.78, 5) is 13.8. The fourth-order valence-electron chi connectivity index (χ4n) is 4.42. The predicted octanol–water partition coefficient (Wildman–Crippen LogP) is 5.31. The number of thiazole rings is 1. The average molecular weight is 490 g/mol. The molecule has 1 aliphatic rings. The average Bonchev–Trinajstić information content (AvgIpc) is 3.25. The lowest BCUT2D eigenvalue weighted by molar-refractivity contribution is 0.0786. The number of aliphatic hydroxyl groups excluding tert-OH is 1. The van der Waals surface area contributed by atoms with Crippen molar-refractivity contribution in [2.45, 2.75) is 63.8 Å². The summed E-state index contributed by atoms with van der Waals surface area (Å²) in [7, 11) is 0. The minimum absolute atomic E-state index is 0.0837. The number of hydrogen-bond acceptors (Lipinski definition) is 8. The van der Waals surface area contributed by atoms with Gasteiger partial charge in [-0.3, -0.25) is 4.98 Å². The van der Waals surface area contributed by atoms with Gasteiger partial charge in [0.2, 0.25) is 0 Å². The molecule has 1 unspecified atom stereocenters. The predicted molar refractivity (Wildman–Crippen MR) is 142 cm³/mol. The van der Waals surface area contributed by atoms with Gasteiger partial charge in [-0.05, 0) is 56.0 Å². The minimum Gasteiger partial charge on any atom is -0.391 e. The van der Waals surface area contributed by atoms with E-state index in [4.69, 9.17) is 9.97 Å². The molecule has 0 spiro atoms. The van der Waals surface area contributed by atoms with Crippen molar-refractivity contribution >= 4 is 32.5 Å².